The van der Waals surface area contributed by atoms with Crippen LogP contribution in [0.2, 0.25) is 0 Å². The van der Waals surface area contributed by atoms with E-state index in [9.17, 15) is 19.2 Å². The van der Waals surface area contributed by atoms with Crippen molar-refractivity contribution in [2.75, 3.05) is 7.11 Å². The first-order valence-corrected chi connectivity index (χ1v) is 9.87. The molecule has 0 heterocycles. The van der Waals surface area contributed by atoms with Gasteiger partial charge in [0.15, 0.2) is 12.2 Å². The first kappa shape index (κ1) is 24.1. The van der Waals surface area contributed by atoms with Crippen LogP contribution < -0.4 is 10.6 Å². The molecule has 0 saturated carbocycles. The zero-order chi connectivity index (χ0) is 23.0. The lowest BCUT2D eigenvalue weighted by Gasteiger charge is -2.35. The van der Waals surface area contributed by atoms with Crippen molar-refractivity contribution in [3.05, 3.63) is 48.0 Å². The molecule has 0 bridgehead atoms. The lowest BCUT2D eigenvalue weighted by molar-refractivity contribution is -0.174. The summed E-state index contributed by atoms with van der Waals surface area (Å²) in [7, 11) is 1.37. The smallest absolute Gasteiger partial charge is 0.303 e. The molecule has 1 aromatic carbocycles. The van der Waals surface area contributed by atoms with Crippen molar-refractivity contribution < 1.29 is 33.4 Å². The molecule has 2 amide bonds. The van der Waals surface area contributed by atoms with Crippen LogP contribution in [0.3, 0.4) is 0 Å². The Hall–Kier alpha value is -3.20. The van der Waals surface area contributed by atoms with Crippen LogP contribution in [0.1, 0.15) is 26.3 Å². The summed E-state index contributed by atoms with van der Waals surface area (Å²) in [6, 6.07) is 7.65. The number of carbonyl (C=O) groups excluding carboxylic acids is 4. The van der Waals surface area contributed by atoms with Crippen molar-refractivity contribution in [1.82, 2.24) is 10.6 Å². The molecule has 1 aromatic rings. The summed E-state index contributed by atoms with van der Waals surface area (Å²) in [6.07, 6.45) is 0.384. The van der Waals surface area contributed by atoms with Gasteiger partial charge in [0.25, 0.3) is 0 Å². The zero-order valence-corrected chi connectivity index (χ0v) is 18.0. The minimum absolute atomic E-state index is 0.123. The van der Waals surface area contributed by atoms with E-state index < -0.39 is 42.3 Å². The third-order valence-electron chi connectivity index (χ3n) is 4.66. The number of hydrogen-bond acceptors (Lipinski definition) is 7. The molecule has 168 valence electrons. The normalized spacial score (nSPS) is 25.1. The molecule has 0 saturated heterocycles. The molecular formula is C22H28N2O7. The van der Waals surface area contributed by atoms with Gasteiger partial charge in [0.05, 0.1) is 18.5 Å². The van der Waals surface area contributed by atoms with Crippen LogP contribution in [-0.2, 0) is 39.8 Å². The van der Waals surface area contributed by atoms with Crippen molar-refractivity contribution in [3.8, 4) is 0 Å². The fourth-order valence-electron chi connectivity index (χ4n) is 3.50. The van der Waals surface area contributed by atoms with Gasteiger partial charge in [-0.25, -0.2) is 0 Å². The Balaban J connectivity index is 2.34. The predicted octanol–water partition coefficient (Wildman–Crippen LogP) is 0.667. The molecule has 1 aliphatic carbocycles. The number of hydrogen-bond donors (Lipinski definition) is 2. The second-order valence-corrected chi connectivity index (χ2v) is 7.22. The Morgan fingerprint density at radius 3 is 1.77 bits per heavy atom. The number of methoxy groups -OCH3 is 1. The number of nitrogens with one attached hydrogen (secondary N) is 2. The highest BCUT2D eigenvalue weighted by molar-refractivity contribution is 5.79. The molecule has 9 nitrogen and oxygen atoms in total. The minimum Gasteiger partial charge on any atom is -0.457 e. The number of benzene rings is 1. The van der Waals surface area contributed by atoms with E-state index in [1.807, 2.05) is 30.3 Å². The SMILES string of the molecule is CO[C@@H]1[C@@H](OC(C)=O)[C@H](NC(=O)Cc2ccccc2)C=C[C@H](NC(C)=O)[C@H]1OC(C)=O. The largest absolute Gasteiger partial charge is 0.457 e. The van der Waals surface area contributed by atoms with Crippen molar-refractivity contribution in [2.24, 2.45) is 0 Å². The highest BCUT2D eigenvalue weighted by Gasteiger charge is 2.44. The fraction of sp³-hybridized carbons (Fsp3) is 0.455. The van der Waals surface area contributed by atoms with Crippen LogP contribution in [0, 0.1) is 0 Å². The Labute approximate surface area is 181 Å². The molecule has 9 heteroatoms. The summed E-state index contributed by atoms with van der Waals surface area (Å²) >= 11 is 0. The topological polar surface area (TPSA) is 120 Å². The summed E-state index contributed by atoms with van der Waals surface area (Å²) < 4.78 is 16.4. The Kier molecular flexibility index (Phi) is 8.75. The highest BCUT2D eigenvalue weighted by atomic mass is 16.6. The van der Waals surface area contributed by atoms with Crippen LogP contribution in [0.4, 0.5) is 0 Å². The quantitative estimate of drug-likeness (QED) is 0.480. The molecule has 2 rings (SSSR count). The van der Waals surface area contributed by atoms with E-state index in [0.29, 0.717) is 0 Å². The number of ether oxygens (including phenoxy) is 3. The average molecular weight is 432 g/mol. The molecule has 0 aliphatic heterocycles. The number of amides is 2. The van der Waals surface area contributed by atoms with Crippen LogP contribution in [0.5, 0.6) is 0 Å². The Bertz CT molecular complexity index is 824. The highest BCUT2D eigenvalue weighted by Crippen LogP contribution is 2.23. The Morgan fingerprint density at radius 2 is 1.32 bits per heavy atom. The van der Waals surface area contributed by atoms with E-state index in [4.69, 9.17) is 14.2 Å². The van der Waals surface area contributed by atoms with Crippen LogP contribution in [0.25, 0.3) is 0 Å². The summed E-state index contributed by atoms with van der Waals surface area (Å²) in [5, 5.41) is 5.53. The van der Waals surface area contributed by atoms with Crippen LogP contribution in [-0.4, -0.2) is 61.3 Å². The first-order chi connectivity index (χ1) is 14.7. The maximum absolute atomic E-state index is 12.7. The van der Waals surface area contributed by atoms with E-state index >= 15 is 0 Å². The lowest BCUT2D eigenvalue weighted by atomic mass is 9.99. The first-order valence-electron chi connectivity index (χ1n) is 9.87. The molecule has 0 fully saturated rings. The zero-order valence-electron chi connectivity index (χ0n) is 18.0. The summed E-state index contributed by atoms with van der Waals surface area (Å²) in [6.45, 7) is 3.79. The maximum atomic E-state index is 12.7. The van der Waals surface area contributed by atoms with Gasteiger partial charge < -0.3 is 24.8 Å². The third-order valence-corrected chi connectivity index (χ3v) is 4.66. The van der Waals surface area contributed by atoms with Gasteiger partial charge >= 0.3 is 11.9 Å². The van der Waals surface area contributed by atoms with Crippen LogP contribution >= 0.6 is 0 Å². The van der Waals surface area contributed by atoms with E-state index in [-0.39, 0.29) is 18.2 Å². The van der Waals surface area contributed by atoms with E-state index in [0.717, 1.165) is 5.56 Å². The minimum atomic E-state index is -0.999. The van der Waals surface area contributed by atoms with E-state index in [2.05, 4.69) is 10.6 Å². The number of rotatable bonds is 7. The lowest BCUT2D eigenvalue weighted by Crippen LogP contribution is -2.57. The molecule has 0 aromatic heterocycles. The molecule has 31 heavy (non-hydrogen) atoms. The molecule has 5 atom stereocenters. The molecule has 0 unspecified atom stereocenters. The average Bonchev–Trinajstić information content (AvgIpc) is 2.80. The van der Waals surface area contributed by atoms with E-state index in [1.165, 1.54) is 27.9 Å². The summed E-state index contributed by atoms with van der Waals surface area (Å²) in [5.41, 5.74) is 0.818. The third kappa shape index (κ3) is 7.21. The summed E-state index contributed by atoms with van der Waals surface area (Å²) in [4.78, 5) is 47.9. The monoisotopic (exact) mass is 432 g/mol. The summed E-state index contributed by atoms with van der Waals surface area (Å²) in [5.74, 6) is -1.83. The maximum Gasteiger partial charge on any atom is 0.303 e. The molecule has 0 radical (unpaired) electrons. The fourth-order valence-corrected chi connectivity index (χ4v) is 3.50. The second-order valence-electron chi connectivity index (χ2n) is 7.22. The van der Waals surface area contributed by atoms with Gasteiger partial charge in [-0.2, -0.15) is 0 Å². The standard InChI is InChI=1S/C22H28N2O7/c1-13(25)23-17-10-11-18(24-19(28)12-16-8-6-5-7-9-16)21(31-15(3)27)22(29-4)20(17)30-14(2)26/h5-11,17-18,20-22H,12H2,1-4H3,(H,23,25)(H,24,28)/t17-,18+,20+,21-,22-/m0/s1. The number of esters is 2. The second kappa shape index (κ2) is 11.3. The van der Waals surface area contributed by atoms with Crippen molar-refractivity contribution >= 4 is 23.8 Å². The Morgan fingerprint density at radius 1 is 0.806 bits per heavy atom. The van der Waals surface area contributed by atoms with Gasteiger partial charge in [0, 0.05) is 27.9 Å². The van der Waals surface area contributed by atoms with Gasteiger partial charge in [0.2, 0.25) is 11.8 Å². The van der Waals surface area contributed by atoms with Crippen molar-refractivity contribution in [2.45, 2.75) is 57.6 Å². The molecular weight excluding hydrogens is 404 g/mol. The molecule has 0 spiro atoms. The van der Waals surface area contributed by atoms with Gasteiger partial charge in [-0.3, -0.25) is 19.2 Å². The number of carbonyl (C=O) groups is 4. The van der Waals surface area contributed by atoms with Crippen molar-refractivity contribution in [1.29, 1.82) is 0 Å². The van der Waals surface area contributed by atoms with Gasteiger partial charge in [-0.05, 0) is 5.56 Å². The van der Waals surface area contributed by atoms with Gasteiger partial charge in [0.1, 0.15) is 6.10 Å². The predicted molar refractivity (Wildman–Crippen MR) is 111 cm³/mol. The molecule has 2 N–H and O–H groups in total. The van der Waals surface area contributed by atoms with E-state index in [1.54, 1.807) is 12.2 Å². The van der Waals surface area contributed by atoms with Gasteiger partial charge in [-0.15, -0.1) is 0 Å². The molecule has 1 aliphatic rings. The van der Waals surface area contributed by atoms with Gasteiger partial charge in [-0.1, -0.05) is 42.5 Å². The van der Waals surface area contributed by atoms with Crippen molar-refractivity contribution in [3.63, 3.8) is 0 Å². The van der Waals surface area contributed by atoms with Crippen LogP contribution in [0.15, 0.2) is 42.5 Å².